The van der Waals surface area contributed by atoms with Gasteiger partial charge in [0.2, 0.25) is 0 Å². The molecule has 0 spiro atoms. The van der Waals surface area contributed by atoms with Crippen molar-refractivity contribution in [2.45, 2.75) is 39.3 Å². The average molecular weight is 277 g/mol. The number of benzene rings is 1. The molecular weight excluding hydrogens is 254 g/mol. The number of nitro groups is 1. The van der Waals surface area contributed by atoms with Crippen molar-refractivity contribution in [2.24, 2.45) is 5.92 Å². The number of nitro benzene ring substituents is 1. The molecule has 1 aromatic carbocycles. The van der Waals surface area contributed by atoms with Gasteiger partial charge in [0.05, 0.1) is 4.92 Å². The summed E-state index contributed by atoms with van der Waals surface area (Å²) in [6, 6.07) is 5.58. The lowest BCUT2D eigenvalue weighted by Crippen LogP contribution is -2.40. The van der Waals surface area contributed by atoms with Gasteiger partial charge >= 0.3 is 0 Å². The number of rotatable bonds is 4. The summed E-state index contributed by atoms with van der Waals surface area (Å²) in [5.74, 6) is 0.697. The van der Waals surface area contributed by atoms with Crippen LogP contribution in [-0.4, -0.2) is 29.5 Å². The van der Waals surface area contributed by atoms with Gasteiger partial charge in [-0.25, -0.2) is 0 Å². The van der Waals surface area contributed by atoms with Crippen LogP contribution in [0.5, 0.6) is 0 Å². The summed E-state index contributed by atoms with van der Waals surface area (Å²) in [4.78, 5) is 13.0. The van der Waals surface area contributed by atoms with Crippen molar-refractivity contribution in [3.63, 3.8) is 0 Å². The van der Waals surface area contributed by atoms with Gasteiger partial charge in [-0.2, -0.15) is 0 Å². The summed E-state index contributed by atoms with van der Waals surface area (Å²) in [6.07, 6.45) is 2.47. The van der Waals surface area contributed by atoms with Crippen molar-refractivity contribution in [2.75, 3.05) is 18.9 Å². The quantitative estimate of drug-likeness (QED) is 0.678. The molecule has 1 aliphatic heterocycles. The lowest BCUT2D eigenvalue weighted by Gasteiger charge is -2.37. The van der Waals surface area contributed by atoms with Crippen LogP contribution in [0.3, 0.4) is 0 Å². The summed E-state index contributed by atoms with van der Waals surface area (Å²) in [7, 11) is 1.85. The van der Waals surface area contributed by atoms with Gasteiger partial charge in [0.1, 0.15) is 0 Å². The van der Waals surface area contributed by atoms with Gasteiger partial charge in [-0.15, -0.1) is 0 Å². The fraction of sp³-hybridized carbons (Fsp3) is 0.600. The van der Waals surface area contributed by atoms with E-state index in [0.29, 0.717) is 12.0 Å². The van der Waals surface area contributed by atoms with Crippen LogP contribution in [-0.2, 0) is 6.54 Å². The van der Waals surface area contributed by atoms with E-state index in [0.717, 1.165) is 24.3 Å². The largest absolute Gasteiger partial charge is 0.388 e. The molecule has 0 aliphatic carbocycles. The molecule has 0 bridgehead atoms. The van der Waals surface area contributed by atoms with Crippen molar-refractivity contribution >= 4 is 11.4 Å². The van der Waals surface area contributed by atoms with Gasteiger partial charge < -0.3 is 5.32 Å². The summed E-state index contributed by atoms with van der Waals surface area (Å²) in [5, 5.41) is 14.1. The normalized spacial score (nSPS) is 23.6. The Morgan fingerprint density at radius 1 is 1.40 bits per heavy atom. The maximum absolute atomic E-state index is 10.9. The van der Waals surface area contributed by atoms with Gasteiger partial charge in [-0.1, -0.05) is 6.92 Å². The van der Waals surface area contributed by atoms with E-state index in [1.807, 2.05) is 7.05 Å². The van der Waals surface area contributed by atoms with Crippen LogP contribution < -0.4 is 5.32 Å². The van der Waals surface area contributed by atoms with Gasteiger partial charge in [0.25, 0.3) is 5.69 Å². The van der Waals surface area contributed by atoms with Crippen LogP contribution in [0.4, 0.5) is 11.4 Å². The van der Waals surface area contributed by atoms with Crippen molar-refractivity contribution < 1.29 is 4.92 Å². The van der Waals surface area contributed by atoms with Crippen LogP contribution >= 0.6 is 0 Å². The van der Waals surface area contributed by atoms with Gasteiger partial charge in [0, 0.05) is 44.0 Å². The summed E-state index contributed by atoms with van der Waals surface area (Å²) < 4.78 is 0. The molecule has 20 heavy (non-hydrogen) atoms. The number of hydrogen-bond donors (Lipinski definition) is 1. The van der Waals surface area contributed by atoms with Crippen LogP contribution in [0, 0.1) is 16.0 Å². The highest BCUT2D eigenvalue weighted by atomic mass is 16.6. The Bertz CT molecular complexity index is 490. The molecule has 110 valence electrons. The van der Waals surface area contributed by atoms with Crippen LogP contribution in [0.25, 0.3) is 0 Å². The molecule has 1 aromatic rings. The highest BCUT2D eigenvalue weighted by Crippen LogP contribution is 2.27. The van der Waals surface area contributed by atoms with E-state index in [4.69, 9.17) is 0 Å². The predicted octanol–water partition coefficient (Wildman–Crippen LogP) is 3.26. The number of nitrogens with zero attached hydrogens (tertiary/aromatic N) is 2. The van der Waals surface area contributed by atoms with E-state index in [9.17, 15) is 10.1 Å². The van der Waals surface area contributed by atoms with Crippen molar-refractivity contribution in [1.29, 1.82) is 0 Å². The zero-order valence-corrected chi connectivity index (χ0v) is 12.4. The smallest absolute Gasteiger partial charge is 0.269 e. The minimum atomic E-state index is -0.328. The zero-order chi connectivity index (χ0) is 14.7. The molecule has 1 saturated heterocycles. The van der Waals surface area contributed by atoms with E-state index in [1.165, 1.54) is 12.8 Å². The van der Waals surface area contributed by atoms with Gasteiger partial charge in [-0.05, 0) is 37.3 Å². The number of anilines is 1. The zero-order valence-electron chi connectivity index (χ0n) is 12.4. The Balaban J connectivity index is 2.22. The molecule has 0 saturated carbocycles. The first-order valence-corrected chi connectivity index (χ1v) is 7.20. The minimum Gasteiger partial charge on any atom is -0.388 e. The Hall–Kier alpha value is -1.62. The SMILES string of the molecule is CNc1ccc([N+](=O)[O-])cc1CN1CC(C)CCC1C. The molecule has 1 aliphatic rings. The van der Waals surface area contributed by atoms with E-state index in [-0.39, 0.29) is 10.6 Å². The lowest BCUT2D eigenvalue weighted by molar-refractivity contribution is -0.384. The maximum Gasteiger partial charge on any atom is 0.269 e. The summed E-state index contributed by atoms with van der Waals surface area (Å²) in [6.45, 7) is 6.34. The third-order valence-corrected chi connectivity index (χ3v) is 4.19. The average Bonchev–Trinajstić information content (AvgIpc) is 2.42. The van der Waals surface area contributed by atoms with Crippen LogP contribution in [0.2, 0.25) is 0 Å². The van der Waals surface area contributed by atoms with Gasteiger partial charge in [0.15, 0.2) is 0 Å². The Morgan fingerprint density at radius 2 is 2.15 bits per heavy atom. The molecular formula is C15H23N3O2. The van der Waals surface area contributed by atoms with Gasteiger partial charge in [-0.3, -0.25) is 15.0 Å². The van der Waals surface area contributed by atoms with Crippen molar-refractivity contribution in [1.82, 2.24) is 4.90 Å². The van der Waals surface area contributed by atoms with E-state index in [2.05, 4.69) is 24.1 Å². The molecule has 2 atom stereocenters. The Morgan fingerprint density at radius 3 is 2.80 bits per heavy atom. The first-order valence-electron chi connectivity index (χ1n) is 7.20. The van der Waals surface area contributed by atoms with Crippen LogP contribution in [0.15, 0.2) is 18.2 Å². The highest BCUT2D eigenvalue weighted by molar-refractivity contribution is 5.55. The standard InChI is InChI=1S/C15H23N3O2/c1-11-4-5-12(2)17(9-11)10-13-8-14(18(19)20)6-7-15(13)16-3/h6-8,11-12,16H,4-5,9-10H2,1-3H3. The topological polar surface area (TPSA) is 58.4 Å². The molecule has 0 amide bonds. The minimum absolute atomic E-state index is 0.164. The number of hydrogen-bond acceptors (Lipinski definition) is 4. The summed E-state index contributed by atoms with van der Waals surface area (Å²) in [5.41, 5.74) is 2.14. The molecule has 1 fully saturated rings. The fourth-order valence-electron chi connectivity index (χ4n) is 2.89. The molecule has 5 heteroatoms. The third kappa shape index (κ3) is 3.28. The van der Waals surface area contributed by atoms with E-state index < -0.39 is 0 Å². The fourth-order valence-corrected chi connectivity index (χ4v) is 2.89. The molecule has 5 nitrogen and oxygen atoms in total. The highest BCUT2D eigenvalue weighted by Gasteiger charge is 2.24. The molecule has 1 heterocycles. The molecule has 2 rings (SSSR count). The number of nitrogens with one attached hydrogen (secondary N) is 1. The lowest BCUT2D eigenvalue weighted by atomic mass is 9.94. The molecule has 2 unspecified atom stereocenters. The predicted molar refractivity (Wildman–Crippen MR) is 80.9 cm³/mol. The third-order valence-electron chi connectivity index (χ3n) is 4.19. The Kier molecular flexibility index (Phi) is 4.60. The molecule has 1 N–H and O–H groups in total. The number of piperidine rings is 1. The van der Waals surface area contributed by atoms with Crippen molar-refractivity contribution in [3.05, 3.63) is 33.9 Å². The van der Waals surface area contributed by atoms with Crippen LogP contribution in [0.1, 0.15) is 32.3 Å². The van der Waals surface area contributed by atoms with Crippen molar-refractivity contribution in [3.8, 4) is 0 Å². The van der Waals surface area contributed by atoms with E-state index in [1.54, 1.807) is 18.2 Å². The molecule has 0 aromatic heterocycles. The number of non-ortho nitro benzene ring substituents is 1. The first-order chi connectivity index (χ1) is 9.51. The number of likely N-dealkylation sites (tertiary alicyclic amines) is 1. The second-order valence-corrected chi connectivity index (χ2v) is 5.81. The Labute approximate surface area is 120 Å². The monoisotopic (exact) mass is 277 g/mol. The summed E-state index contributed by atoms with van der Waals surface area (Å²) >= 11 is 0. The molecule has 0 radical (unpaired) electrons. The second-order valence-electron chi connectivity index (χ2n) is 5.81. The second kappa shape index (κ2) is 6.22. The maximum atomic E-state index is 10.9. The van der Waals surface area contributed by atoms with E-state index >= 15 is 0 Å². The first kappa shape index (κ1) is 14.8.